The fourth-order valence-corrected chi connectivity index (χ4v) is 4.23. The summed E-state index contributed by atoms with van der Waals surface area (Å²) in [7, 11) is 0. The fraction of sp³-hybridized carbons (Fsp3) is 0.333. The van der Waals surface area contributed by atoms with Crippen molar-refractivity contribution in [3.63, 3.8) is 0 Å². The van der Waals surface area contributed by atoms with Gasteiger partial charge < -0.3 is 0 Å². The fourth-order valence-electron chi connectivity index (χ4n) is 2.47. The predicted octanol–water partition coefficient (Wildman–Crippen LogP) is 4.94. The first-order valence-electron chi connectivity index (χ1n) is 7.94. The zero-order valence-corrected chi connectivity index (χ0v) is 14.8. The highest BCUT2D eigenvalue weighted by molar-refractivity contribution is 7.98. The number of aromatic nitrogens is 2. The SMILES string of the molecule is CCCCCn1c(SCc2ccccc2)nc2ccsc2c1=O. The van der Waals surface area contributed by atoms with Gasteiger partial charge in [-0.2, -0.15) is 0 Å². The molecule has 0 saturated carbocycles. The van der Waals surface area contributed by atoms with Crippen LogP contribution in [-0.2, 0) is 12.3 Å². The number of benzene rings is 1. The summed E-state index contributed by atoms with van der Waals surface area (Å²) in [6.45, 7) is 2.93. The number of unbranched alkanes of at least 4 members (excludes halogenated alkanes) is 2. The molecule has 1 aromatic carbocycles. The van der Waals surface area contributed by atoms with Crippen molar-refractivity contribution in [2.45, 2.75) is 43.6 Å². The number of hydrogen-bond donors (Lipinski definition) is 0. The average Bonchev–Trinajstić information content (AvgIpc) is 3.05. The van der Waals surface area contributed by atoms with Crippen LogP contribution in [0.3, 0.4) is 0 Å². The topological polar surface area (TPSA) is 34.9 Å². The van der Waals surface area contributed by atoms with E-state index in [2.05, 4.69) is 19.1 Å². The molecule has 0 atom stereocenters. The molecule has 0 unspecified atom stereocenters. The third-order valence-electron chi connectivity index (χ3n) is 3.73. The van der Waals surface area contributed by atoms with Crippen LogP contribution in [0.4, 0.5) is 0 Å². The number of nitrogens with zero attached hydrogens (tertiary/aromatic N) is 2. The molecule has 0 saturated heterocycles. The second-order valence-corrected chi connectivity index (χ2v) is 7.33. The second kappa shape index (κ2) is 7.79. The molecule has 5 heteroatoms. The van der Waals surface area contributed by atoms with Crippen LogP contribution in [0.15, 0.2) is 51.7 Å². The second-order valence-electron chi connectivity index (χ2n) is 5.47. The maximum absolute atomic E-state index is 12.7. The van der Waals surface area contributed by atoms with Crippen molar-refractivity contribution in [1.29, 1.82) is 0 Å². The predicted molar refractivity (Wildman–Crippen MR) is 99.4 cm³/mol. The van der Waals surface area contributed by atoms with Crippen molar-refractivity contribution in [1.82, 2.24) is 9.55 Å². The van der Waals surface area contributed by atoms with Gasteiger partial charge in [0.15, 0.2) is 5.16 Å². The lowest BCUT2D eigenvalue weighted by molar-refractivity contribution is 0.542. The zero-order chi connectivity index (χ0) is 16.1. The van der Waals surface area contributed by atoms with E-state index in [0.717, 1.165) is 46.9 Å². The Morgan fingerprint density at radius 2 is 2.00 bits per heavy atom. The minimum atomic E-state index is 0.108. The van der Waals surface area contributed by atoms with Crippen molar-refractivity contribution in [2.24, 2.45) is 0 Å². The minimum absolute atomic E-state index is 0.108. The van der Waals surface area contributed by atoms with Gasteiger partial charge in [-0.15, -0.1) is 11.3 Å². The van der Waals surface area contributed by atoms with E-state index in [-0.39, 0.29) is 5.56 Å². The van der Waals surface area contributed by atoms with E-state index in [4.69, 9.17) is 4.98 Å². The van der Waals surface area contributed by atoms with Crippen LogP contribution in [0.1, 0.15) is 31.7 Å². The van der Waals surface area contributed by atoms with Crippen LogP contribution in [0.2, 0.25) is 0 Å². The van der Waals surface area contributed by atoms with Gasteiger partial charge in [-0.3, -0.25) is 9.36 Å². The highest BCUT2D eigenvalue weighted by atomic mass is 32.2. The van der Waals surface area contributed by atoms with Crippen LogP contribution < -0.4 is 5.56 Å². The molecule has 3 aromatic rings. The first-order chi connectivity index (χ1) is 11.3. The molecule has 2 heterocycles. The average molecular weight is 345 g/mol. The van der Waals surface area contributed by atoms with E-state index >= 15 is 0 Å². The monoisotopic (exact) mass is 344 g/mol. The van der Waals surface area contributed by atoms with Gasteiger partial charge in [-0.25, -0.2) is 4.98 Å². The Morgan fingerprint density at radius 3 is 2.78 bits per heavy atom. The molecule has 23 heavy (non-hydrogen) atoms. The van der Waals surface area contributed by atoms with Crippen molar-refractivity contribution < 1.29 is 0 Å². The van der Waals surface area contributed by atoms with Gasteiger partial charge in [0.05, 0.1) is 5.52 Å². The summed E-state index contributed by atoms with van der Waals surface area (Å²) in [5, 5.41) is 2.78. The van der Waals surface area contributed by atoms with E-state index in [1.54, 1.807) is 11.8 Å². The lowest BCUT2D eigenvalue weighted by atomic mass is 10.2. The lowest BCUT2D eigenvalue weighted by Crippen LogP contribution is -2.22. The van der Waals surface area contributed by atoms with E-state index in [0.29, 0.717) is 0 Å². The molecular formula is C18H20N2OS2. The standard InChI is InChI=1S/C18H20N2OS2/c1-2-3-7-11-20-17(21)16-15(10-12-22-16)19-18(20)23-13-14-8-5-4-6-9-14/h4-6,8-10,12H,2-3,7,11,13H2,1H3. The zero-order valence-electron chi connectivity index (χ0n) is 13.2. The van der Waals surface area contributed by atoms with E-state index in [9.17, 15) is 4.79 Å². The molecule has 3 rings (SSSR count). The van der Waals surface area contributed by atoms with Gasteiger partial charge in [-0.1, -0.05) is 61.9 Å². The maximum atomic E-state index is 12.7. The molecule has 3 nitrogen and oxygen atoms in total. The maximum Gasteiger partial charge on any atom is 0.272 e. The van der Waals surface area contributed by atoms with Gasteiger partial charge in [-0.05, 0) is 23.4 Å². The number of thiophene rings is 1. The van der Waals surface area contributed by atoms with Crippen molar-refractivity contribution in [3.05, 3.63) is 57.7 Å². The van der Waals surface area contributed by atoms with Crippen molar-refractivity contribution in [3.8, 4) is 0 Å². The molecule has 0 spiro atoms. The van der Waals surface area contributed by atoms with Gasteiger partial charge in [0.2, 0.25) is 0 Å². The van der Waals surface area contributed by atoms with Crippen molar-refractivity contribution in [2.75, 3.05) is 0 Å². The van der Waals surface area contributed by atoms with Gasteiger partial charge >= 0.3 is 0 Å². The summed E-state index contributed by atoms with van der Waals surface area (Å²) in [4.78, 5) is 17.5. The Labute approximate surface area is 144 Å². The Morgan fingerprint density at radius 1 is 1.17 bits per heavy atom. The summed E-state index contributed by atoms with van der Waals surface area (Å²) < 4.78 is 2.63. The first-order valence-corrected chi connectivity index (χ1v) is 9.81. The molecule has 0 N–H and O–H groups in total. The summed E-state index contributed by atoms with van der Waals surface area (Å²) >= 11 is 3.13. The summed E-state index contributed by atoms with van der Waals surface area (Å²) in [6, 6.07) is 12.2. The molecular weight excluding hydrogens is 324 g/mol. The molecule has 0 aliphatic rings. The van der Waals surface area contributed by atoms with E-state index in [1.807, 2.05) is 34.2 Å². The molecule has 0 aliphatic carbocycles. The van der Waals surface area contributed by atoms with Crippen LogP contribution in [0.25, 0.3) is 10.2 Å². The van der Waals surface area contributed by atoms with Gasteiger partial charge in [0.25, 0.3) is 5.56 Å². The highest BCUT2D eigenvalue weighted by Crippen LogP contribution is 2.24. The molecule has 2 aromatic heterocycles. The van der Waals surface area contributed by atoms with E-state index < -0.39 is 0 Å². The molecule has 0 radical (unpaired) electrons. The summed E-state index contributed by atoms with van der Waals surface area (Å²) in [5.41, 5.74) is 2.18. The molecule has 0 bridgehead atoms. The van der Waals surface area contributed by atoms with Gasteiger partial charge in [0.1, 0.15) is 4.70 Å². The third-order valence-corrected chi connectivity index (χ3v) is 5.67. The third kappa shape index (κ3) is 3.85. The Kier molecular flexibility index (Phi) is 5.51. The highest BCUT2D eigenvalue weighted by Gasteiger charge is 2.12. The largest absolute Gasteiger partial charge is 0.286 e. The number of fused-ring (bicyclic) bond motifs is 1. The lowest BCUT2D eigenvalue weighted by Gasteiger charge is -2.11. The minimum Gasteiger partial charge on any atom is -0.286 e. The molecule has 120 valence electrons. The van der Waals surface area contributed by atoms with E-state index in [1.165, 1.54) is 16.9 Å². The van der Waals surface area contributed by atoms with Crippen molar-refractivity contribution >= 4 is 33.3 Å². The summed E-state index contributed by atoms with van der Waals surface area (Å²) in [5.74, 6) is 0.830. The van der Waals surface area contributed by atoms with Crippen LogP contribution in [0, 0.1) is 0 Å². The Hall–Kier alpha value is -1.59. The summed E-state index contributed by atoms with van der Waals surface area (Å²) in [6.07, 6.45) is 3.31. The first kappa shape index (κ1) is 16.3. The van der Waals surface area contributed by atoms with Crippen LogP contribution in [0.5, 0.6) is 0 Å². The molecule has 0 aliphatic heterocycles. The Bertz CT molecular complexity index is 824. The molecule has 0 fully saturated rings. The number of thioether (sulfide) groups is 1. The molecule has 0 amide bonds. The number of hydrogen-bond acceptors (Lipinski definition) is 4. The quantitative estimate of drug-likeness (QED) is 0.346. The number of rotatable bonds is 7. The van der Waals surface area contributed by atoms with Crippen LogP contribution in [-0.4, -0.2) is 9.55 Å². The normalized spacial score (nSPS) is 11.2. The van der Waals surface area contributed by atoms with Gasteiger partial charge in [0, 0.05) is 12.3 Å². The smallest absolute Gasteiger partial charge is 0.272 e. The van der Waals surface area contributed by atoms with Crippen LogP contribution >= 0.6 is 23.1 Å². The Balaban J connectivity index is 1.89.